The Balaban J connectivity index is 2.17. The van der Waals surface area contributed by atoms with E-state index >= 15 is 0 Å². The summed E-state index contributed by atoms with van der Waals surface area (Å²) in [6.45, 7) is 9.64. The van der Waals surface area contributed by atoms with E-state index < -0.39 is 0 Å². The van der Waals surface area contributed by atoms with Gasteiger partial charge in [0, 0.05) is 11.7 Å². The molecule has 0 amide bonds. The molecule has 0 aliphatic carbocycles. The molecule has 0 aliphatic rings. The molecule has 1 heterocycles. The van der Waals surface area contributed by atoms with Crippen LogP contribution in [0.25, 0.3) is 11.1 Å². The molecule has 0 radical (unpaired) electrons. The Bertz CT molecular complexity index is 568. The van der Waals surface area contributed by atoms with Crippen molar-refractivity contribution in [3.8, 4) is 0 Å². The average molecular weight is 261 g/mol. The fourth-order valence-electron chi connectivity index (χ4n) is 2.07. The highest BCUT2D eigenvalue weighted by molar-refractivity contribution is 5.76. The van der Waals surface area contributed by atoms with Crippen LogP contribution in [0.5, 0.6) is 0 Å². The van der Waals surface area contributed by atoms with Crippen molar-refractivity contribution in [3.05, 3.63) is 24.1 Å². The van der Waals surface area contributed by atoms with Crippen LogP contribution < -0.4 is 5.73 Å². The van der Waals surface area contributed by atoms with Crippen molar-refractivity contribution < 1.29 is 4.42 Å². The van der Waals surface area contributed by atoms with Crippen LogP contribution in [-0.2, 0) is 6.54 Å². The normalized spacial score (nSPS) is 14.2. The summed E-state index contributed by atoms with van der Waals surface area (Å²) in [5.41, 5.74) is 8.31. The van der Waals surface area contributed by atoms with Crippen LogP contribution in [0, 0.1) is 5.41 Å². The Labute approximate surface area is 114 Å². The van der Waals surface area contributed by atoms with Gasteiger partial charge < -0.3 is 10.2 Å². The summed E-state index contributed by atoms with van der Waals surface area (Å²) in [6, 6.07) is 5.98. The second-order valence-corrected chi connectivity index (χ2v) is 6.29. The van der Waals surface area contributed by atoms with Gasteiger partial charge in [-0.25, -0.2) is 4.98 Å². The molecular weight excluding hydrogens is 238 g/mol. The zero-order valence-corrected chi connectivity index (χ0v) is 12.4. The fourth-order valence-corrected chi connectivity index (χ4v) is 2.07. The third-order valence-corrected chi connectivity index (χ3v) is 3.76. The highest BCUT2D eigenvalue weighted by Crippen LogP contribution is 2.25. The number of rotatable bonds is 3. The zero-order chi connectivity index (χ0) is 14.2. The molecule has 0 saturated carbocycles. The van der Waals surface area contributed by atoms with Crippen LogP contribution >= 0.6 is 0 Å². The van der Waals surface area contributed by atoms with Crippen molar-refractivity contribution in [3.63, 3.8) is 0 Å². The maximum absolute atomic E-state index is 5.75. The minimum absolute atomic E-state index is 0.227. The van der Waals surface area contributed by atoms with Crippen LogP contribution in [0.3, 0.4) is 0 Å². The number of aromatic nitrogens is 1. The van der Waals surface area contributed by atoms with Gasteiger partial charge in [-0.2, -0.15) is 0 Å². The molecule has 2 aromatic rings. The molecule has 1 atom stereocenters. The number of nitrogen functional groups attached to an aromatic ring is 1. The lowest BCUT2D eigenvalue weighted by Gasteiger charge is -2.34. The summed E-state index contributed by atoms with van der Waals surface area (Å²) < 4.78 is 5.75. The summed E-state index contributed by atoms with van der Waals surface area (Å²) in [7, 11) is 2.10. The van der Waals surface area contributed by atoms with Crippen LogP contribution in [0.1, 0.15) is 33.6 Å². The van der Waals surface area contributed by atoms with Crippen molar-refractivity contribution in [2.75, 3.05) is 12.8 Å². The topological polar surface area (TPSA) is 55.3 Å². The maximum atomic E-state index is 5.75. The molecule has 4 nitrogen and oxygen atoms in total. The number of oxazole rings is 1. The van der Waals surface area contributed by atoms with Gasteiger partial charge in [-0.15, -0.1) is 0 Å². The molecule has 19 heavy (non-hydrogen) atoms. The van der Waals surface area contributed by atoms with E-state index in [0.717, 1.165) is 17.0 Å². The standard InChI is InChI=1S/C15H23N3O/c1-10(15(2,3)4)18(5)9-14-17-12-8-11(16)6-7-13(12)19-14/h6-8,10H,9,16H2,1-5H3. The lowest BCUT2D eigenvalue weighted by atomic mass is 9.87. The number of fused-ring (bicyclic) bond motifs is 1. The van der Waals surface area contributed by atoms with Crippen molar-refractivity contribution in [1.29, 1.82) is 0 Å². The van der Waals surface area contributed by atoms with Crippen LogP contribution in [-0.4, -0.2) is 23.0 Å². The summed E-state index contributed by atoms with van der Waals surface area (Å²) in [4.78, 5) is 6.75. The maximum Gasteiger partial charge on any atom is 0.209 e. The quantitative estimate of drug-likeness (QED) is 0.861. The molecule has 0 saturated heterocycles. The van der Waals surface area contributed by atoms with Gasteiger partial charge in [0.05, 0.1) is 6.54 Å². The zero-order valence-electron chi connectivity index (χ0n) is 12.4. The second kappa shape index (κ2) is 4.85. The SMILES string of the molecule is CC(N(C)Cc1nc2cc(N)ccc2o1)C(C)(C)C. The lowest BCUT2D eigenvalue weighted by Crippen LogP contribution is -2.38. The molecule has 0 bridgehead atoms. The number of nitrogens with zero attached hydrogens (tertiary/aromatic N) is 2. The summed E-state index contributed by atoms with van der Waals surface area (Å²) in [5.74, 6) is 0.735. The van der Waals surface area contributed by atoms with Crippen LogP contribution in [0.15, 0.2) is 22.6 Å². The van der Waals surface area contributed by atoms with Crippen molar-refractivity contribution in [2.45, 2.75) is 40.3 Å². The van der Waals surface area contributed by atoms with E-state index in [9.17, 15) is 0 Å². The molecular formula is C15H23N3O. The monoisotopic (exact) mass is 261 g/mol. The third-order valence-electron chi connectivity index (χ3n) is 3.76. The van der Waals surface area contributed by atoms with E-state index in [2.05, 4.69) is 44.6 Å². The van der Waals surface area contributed by atoms with Gasteiger partial charge in [0.2, 0.25) is 5.89 Å². The van der Waals surface area contributed by atoms with Gasteiger partial charge in [0.25, 0.3) is 0 Å². The van der Waals surface area contributed by atoms with Gasteiger partial charge in [-0.3, -0.25) is 4.90 Å². The first-order valence-electron chi connectivity index (χ1n) is 6.62. The predicted molar refractivity (Wildman–Crippen MR) is 78.8 cm³/mol. The van der Waals surface area contributed by atoms with E-state index in [0.29, 0.717) is 18.3 Å². The van der Waals surface area contributed by atoms with E-state index in [1.807, 2.05) is 18.2 Å². The lowest BCUT2D eigenvalue weighted by molar-refractivity contribution is 0.125. The highest BCUT2D eigenvalue weighted by atomic mass is 16.3. The Morgan fingerprint density at radius 1 is 1.37 bits per heavy atom. The molecule has 0 fully saturated rings. The molecule has 4 heteroatoms. The Morgan fingerprint density at radius 2 is 2.05 bits per heavy atom. The number of hydrogen-bond donors (Lipinski definition) is 1. The van der Waals surface area contributed by atoms with Gasteiger partial charge in [-0.1, -0.05) is 20.8 Å². The molecule has 1 aromatic heterocycles. The summed E-state index contributed by atoms with van der Waals surface area (Å²) in [6.07, 6.45) is 0. The molecule has 1 aromatic carbocycles. The molecule has 0 aliphatic heterocycles. The predicted octanol–water partition coefficient (Wildman–Crippen LogP) is 3.28. The smallest absolute Gasteiger partial charge is 0.209 e. The highest BCUT2D eigenvalue weighted by Gasteiger charge is 2.24. The Morgan fingerprint density at radius 3 is 2.68 bits per heavy atom. The Hall–Kier alpha value is -1.55. The first-order chi connectivity index (χ1) is 8.77. The average Bonchev–Trinajstić information content (AvgIpc) is 2.67. The fraction of sp³-hybridized carbons (Fsp3) is 0.533. The molecule has 0 spiro atoms. The first kappa shape index (κ1) is 13.9. The van der Waals surface area contributed by atoms with Crippen LogP contribution in [0.4, 0.5) is 5.69 Å². The van der Waals surface area contributed by atoms with Gasteiger partial charge in [0.1, 0.15) is 5.52 Å². The minimum Gasteiger partial charge on any atom is -0.439 e. The summed E-state index contributed by atoms with van der Waals surface area (Å²) in [5, 5.41) is 0. The number of anilines is 1. The van der Waals surface area contributed by atoms with E-state index in [1.165, 1.54) is 0 Å². The van der Waals surface area contributed by atoms with Crippen LogP contribution in [0.2, 0.25) is 0 Å². The minimum atomic E-state index is 0.227. The van der Waals surface area contributed by atoms with E-state index in [1.54, 1.807) is 0 Å². The third kappa shape index (κ3) is 3.07. The first-order valence-corrected chi connectivity index (χ1v) is 6.62. The van der Waals surface area contributed by atoms with Crippen molar-refractivity contribution in [1.82, 2.24) is 9.88 Å². The van der Waals surface area contributed by atoms with E-state index in [4.69, 9.17) is 10.2 Å². The number of nitrogens with two attached hydrogens (primary N) is 1. The number of hydrogen-bond acceptors (Lipinski definition) is 4. The van der Waals surface area contributed by atoms with Crippen molar-refractivity contribution >= 4 is 16.8 Å². The van der Waals surface area contributed by atoms with E-state index in [-0.39, 0.29) is 5.41 Å². The van der Waals surface area contributed by atoms with Crippen molar-refractivity contribution in [2.24, 2.45) is 5.41 Å². The van der Waals surface area contributed by atoms with Gasteiger partial charge >= 0.3 is 0 Å². The summed E-state index contributed by atoms with van der Waals surface area (Å²) >= 11 is 0. The molecule has 1 unspecified atom stereocenters. The largest absolute Gasteiger partial charge is 0.439 e. The Kier molecular flexibility index (Phi) is 3.54. The number of benzene rings is 1. The molecule has 2 N–H and O–H groups in total. The van der Waals surface area contributed by atoms with Gasteiger partial charge in [-0.05, 0) is 37.6 Å². The molecule has 2 rings (SSSR count). The second-order valence-electron chi connectivity index (χ2n) is 6.29. The van der Waals surface area contributed by atoms with Gasteiger partial charge in [0.15, 0.2) is 5.58 Å². The molecule has 104 valence electrons.